The van der Waals surface area contributed by atoms with Crippen LogP contribution in [0.25, 0.3) is 10.9 Å². The number of ether oxygens (including phenoxy) is 3. The van der Waals surface area contributed by atoms with Crippen molar-refractivity contribution >= 4 is 16.9 Å². The summed E-state index contributed by atoms with van der Waals surface area (Å²) in [5.41, 5.74) is 2.61. The number of esters is 1. The van der Waals surface area contributed by atoms with E-state index in [0.29, 0.717) is 6.42 Å². The molecular weight excluding hydrogens is 270 g/mol. The second-order valence-corrected chi connectivity index (χ2v) is 4.68. The molecule has 2 aromatic rings. The molecule has 0 aliphatic carbocycles. The standard InChI is InChI=1S/C16H19NO4/c1-10-9-14(20-3)16-11(5-8-15(18)21-4)13(19-2)7-6-12(16)17-10/h6-7,9H,5,8H2,1-4H3. The Kier molecular flexibility index (Phi) is 4.62. The van der Waals surface area contributed by atoms with Gasteiger partial charge in [-0.05, 0) is 25.5 Å². The Bertz CT molecular complexity index is 667. The van der Waals surface area contributed by atoms with Crippen molar-refractivity contribution in [2.75, 3.05) is 21.3 Å². The van der Waals surface area contributed by atoms with Gasteiger partial charge in [-0.25, -0.2) is 0 Å². The number of methoxy groups -OCH3 is 3. The van der Waals surface area contributed by atoms with Crippen LogP contribution in [0.15, 0.2) is 18.2 Å². The third-order valence-corrected chi connectivity index (χ3v) is 3.38. The summed E-state index contributed by atoms with van der Waals surface area (Å²) in [7, 11) is 4.61. The predicted molar refractivity (Wildman–Crippen MR) is 79.9 cm³/mol. The number of benzene rings is 1. The lowest BCUT2D eigenvalue weighted by Crippen LogP contribution is -2.04. The molecule has 0 atom stereocenters. The van der Waals surface area contributed by atoms with Crippen molar-refractivity contribution in [3.63, 3.8) is 0 Å². The van der Waals surface area contributed by atoms with Crippen molar-refractivity contribution < 1.29 is 19.0 Å². The van der Waals surface area contributed by atoms with Crippen LogP contribution in [0.1, 0.15) is 17.7 Å². The molecule has 1 aromatic heterocycles. The first kappa shape index (κ1) is 15.1. The monoisotopic (exact) mass is 289 g/mol. The minimum Gasteiger partial charge on any atom is -0.496 e. The molecule has 5 nitrogen and oxygen atoms in total. The zero-order chi connectivity index (χ0) is 15.4. The maximum atomic E-state index is 11.4. The summed E-state index contributed by atoms with van der Waals surface area (Å²) < 4.78 is 15.6. The minimum absolute atomic E-state index is 0.256. The Labute approximate surface area is 123 Å². The maximum absolute atomic E-state index is 11.4. The van der Waals surface area contributed by atoms with E-state index in [1.807, 2.05) is 25.1 Å². The number of carbonyl (C=O) groups is 1. The van der Waals surface area contributed by atoms with E-state index < -0.39 is 0 Å². The lowest BCUT2D eigenvalue weighted by Gasteiger charge is -2.14. The number of nitrogens with zero attached hydrogens (tertiary/aromatic N) is 1. The third kappa shape index (κ3) is 3.07. The number of fused-ring (bicyclic) bond motifs is 1. The highest BCUT2D eigenvalue weighted by Gasteiger charge is 2.15. The molecule has 0 unspecified atom stereocenters. The molecule has 21 heavy (non-hydrogen) atoms. The van der Waals surface area contributed by atoms with Gasteiger partial charge in [-0.3, -0.25) is 9.78 Å². The predicted octanol–water partition coefficient (Wildman–Crippen LogP) is 2.67. The van der Waals surface area contributed by atoms with Gasteiger partial charge in [0.15, 0.2) is 0 Å². The zero-order valence-corrected chi connectivity index (χ0v) is 12.7. The van der Waals surface area contributed by atoms with Crippen LogP contribution < -0.4 is 9.47 Å². The average molecular weight is 289 g/mol. The molecule has 0 bridgehead atoms. The summed E-state index contributed by atoms with van der Waals surface area (Å²) in [4.78, 5) is 15.9. The van der Waals surface area contributed by atoms with Crippen LogP contribution in [-0.4, -0.2) is 32.3 Å². The van der Waals surface area contributed by atoms with E-state index in [2.05, 4.69) is 4.98 Å². The molecular formula is C16H19NO4. The highest BCUT2D eigenvalue weighted by atomic mass is 16.5. The van der Waals surface area contributed by atoms with Crippen molar-refractivity contribution in [2.24, 2.45) is 0 Å². The van der Waals surface area contributed by atoms with E-state index in [0.717, 1.165) is 33.7 Å². The molecule has 1 aromatic carbocycles. The van der Waals surface area contributed by atoms with E-state index in [4.69, 9.17) is 14.2 Å². The number of hydrogen-bond donors (Lipinski definition) is 0. The number of aryl methyl sites for hydroxylation is 2. The smallest absolute Gasteiger partial charge is 0.305 e. The van der Waals surface area contributed by atoms with Gasteiger partial charge in [0.25, 0.3) is 0 Å². The van der Waals surface area contributed by atoms with E-state index in [1.54, 1.807) is 14.2 Å². The largest absolute Gasteiger partial charge is 0.496 e. The first-order valence-electron chi connectivity index (χ1n) is 6.68. The fourth-order valence-electron chi connectivity index (χ4n) is 2.40. The van der Waals surface area contributed by atoms with Crippen molar-refractivity contribution in [2.45, 2.75) is 19.8 Å². The first-order valence-corrected chi connectivity index (χ1v) is 6.68. The molecule has 2 rings (SSSR count). The Morgan fingerprint density at radius 3 is 2.48 bits per heavy atom. The van der Waals surface area contributed by atoms with Crippen LogP contribution in [0.2, 0.25) is 0 Å². The molecule has 0 N–H and O–H groups in total. The molecule has 0 aliphatic rings. The number of pyridine rings is 1. The highest BCUT2D eigenvalue weighted by molar-refractivity contribution is 5.91. The fourth-order valence-corrected chi connectivity index (χ4v) is 2.40. The lowest BCUT2D eigenvalue weighted by molar-refractivity contribution is -0.140. The summed E-state index contributed by atoms with van der Waals surface area (Å²) in [5.74, 6) is 1.19. The number of hydrogen-bond acceptors (Lipinski definition) is 5. The van der Waals surface area contributed by atoms with Gasteiger partial charge in [-0.2, -0.15) is 0 Å². The Balaban J connectivity index is 2.60. The van der Waals surface area contributed by atoms with Crippen LogP contribution in [0.4, 0.5) is 0 Å². The quantitative estimate of drug-likeness (QED) is 0.792. The zero-order valence-electron chi connectivity index (χ0n) is 12.7. The van der Waals surface area contributed by atoms with Gasteiger partial charge in [0.1, 0.15) is 11.5 Å². The topological polar surface area (TPSA) is 57.7 Å². The molecule has 0 amide bonds. The molecule has 0 radical (unpaired) electrons. The number of rotatable bonds is 5. The molecule has 0 fully saturated rings. The van der Waals surface area contributed by atoms with Crippen molar-refractivity contribution in [3.05, 3.63) is 29.5 Å². The third-order valence-electron chi connectivity index (χ3n) is 3.38. The molecule has 0 saturated carbocycles. The van der Waals surface area contributed by atoms with Gasteiger partial charge in [0.2, 0.25) is 0 Å². The second-order valence-electron chi connectivity index (χ2n) is 4.68. The molecule has 0 spiro atoms. The van der Waals surface area contributed by atoms with Crippen molar-refractivity contribution in [1.29, 1.82) is 0 Å². The highest BCUT2D eigenvalue weighted by Crippen LogP contribution is 2.35. The Morgan fingerprint density at radius 2 is 1.86 bits per heavy atom. The van der Waals surface area contributed by atoms with Crippen LogP contribution in [0.5, 0.6) is 11.5 Å². The van der Waals surface area contributed by atoms with Crippen LogP contribution in [0.3, 0.4) is 0 Å². The minimum atomic E-state index is -0.256. The van der Waals surface area contributed by atoms with Crippen LogP contribution in [-0.2, 0) is 16.0 Å². The van der Waals surface area contributed by atoms with E-state index in [9.17, 15) is 4.79 Å². The fraction of sp³-hybridized carbons (Fsp3) is 0.375. The summed E-state index contributed by atoms with van der Waals surface area (Å²) in [5, 5.41) is 0.881. The summed E-state index contributed by atoms with van der Waals surface area (Å²) in [6, 6.07) is 5.63. The number of carbonyl (C=O) groups excluding carboxylic acids is 1. The molecule has 112 valence electrons. The van der Waals surface area contributed by atoms with Gasteiger partial charge in [-0.1, -0.05) is 0 Å². The molecule has 0 aliphatic heterocycles. The lowest BCUT2D eigenvalue weighted by atomic mass is 10.0. The van der Waals surface area contributed by atoms with Crippen LogP contribution in [0, 0.1) is 6.92 Å². The summed E-state index contributed by atoms with van der Waals surface area (Å²) in [6.07, 6.45) is 0.789. The summed E-state index contributed by atoms with van der Waals surface area (Å²) in [6.45, 7) is 1.92. The summed E-state index contributed by atoms with van der Waals surface area (Å²) >= 11 is 0. The average Bonchev–Trinajstić information content (AvgIpc) is 2.50. The van der Waals surface area contributed by atoms with Crippen LogP contribution >= 0.6 is 0 Å². The SMILES string of the molecule is COC(=O)CCc1c(OC)ccc2nc(C)cc(OC)c12. The number of aromatic nitrogens is 1. The van der Waals surface area contributed by atoms with E-state index >= 15 is 0 Å². The van der Waals surface area contributed by atoms with E-state index in [-0.39, 0.29) is 12.4 Å². The second kappa shape index (κ2) is 6.43. The first-order chi connectivity index (χ1) is 10.1. The van der Waals surface area contributed by atoms with Crippen molar-refractivity contribution in [1.82, 2.24) is 4.98 Å². The Morgan fingerprint density at radius 1 is 1.14 bits per heavy atom. The van der Waals surface area contributed by atoms with Gasteiger partial charge < -0.3 is 14.2 Å². The van der Waals surface area contributed by atoms with Gasteiger partial charge >= 0.3 is 5.97 Å². The van der Waals surface area contributed by atoms with Gasteiger partial charge in [0, 0.05) is 29.1 Å². The van der Waals surface area contributed by atoms with Crippen molar-refractivity contribution in [3.8, 4) is 11.5 Å². The molecule has 1 heterocycles. The van der Waals surface area contributed by atoms with Gasteiger partial charge in [-0.15, -0.1) is 0 Å². The van der Waals surface area contributed by atoms with Gasteiger partial charge in [0.05, 0.1) is 26.8 Å². The maximum Gasteiger partial charge on any atom is 0.305 e. The molecule has 5 heteroatoms. The molecule has 0 saturated heterocycles. The Hall–Kier alpha value is -2.30. The normalized spacial score (nSPS) is 10.5. The van der Waals surface area contributed by atoms with E-state index in [1.165, 1.54) is 7.11 Å².